The van der Waals surface area contributed by atoms with Gasteiger partial charge in [-0.3, -0.25) is 0 Å². The first-order chi connectivity index (χ1) is 12.2. The minimum Gasteiger partial charge on any atom is -0.744 e. The molecule has 3 aromatic carbocycles. The number of esters is 1. The third-order valence-electron chi connectivity index (χ3n) is 3.53. The number of benzene rings is 3. The van der Waals surface area contributed by atoms with Gasteiger partial charge in [0.2, 0.25) is 0 Å². The normalized spacial score (nSPS) is 11.5. The third-order valence-corrected chi connectivity index (χ3v) is 6.89. The molecule has 0 aliphatic rings. The molecule has 9 heteroatoms. The van der Waals surface area contributed by atoms with Gasteiger partial charge in [-0.2, -0.15) is 0 Å². The second-order valence-corrected chi connectivity index (χ2v) is 9.11. The van der Waals surface area contributed by atoms with Gasteiger partial charge in [0.1, 0.15) is 15.9 Å². The zero-order chi connectivity index (χ0) is 19.1. The molecule has 0 bridgehead atoms. The molecule has 0 unspecified atom stereocenters. The van der Waals surface area contributed by atoms with Crippen molar-refractivity contribution in [3.05, 3.63) is 67.5 Å². The first-order valence-corrected chi connectivity index (χ1v) is 10.8. The van der Waals surface area contributed by atoms with E-state index in [-0.39, 0.29) is 21.6 Å². The Morgan fingerprint density at radius 2 is 1.62 bits per heavy atom. The molecule has 0 amide bonds. The van der Waals surface area contributed by atoms with Crippen molar-refractivity contribution in [2.75, 3.05) is 0 Å². The van der Waals surface area contributed by atoms with Crippen LogP contribution in [0.15, 0.2) is 66.8 Å². The Morgan fingerprint density at radius 1 is 0.962 bits per heavy atom. The summed E-state index contributed by atoms with van der Waals surface area (Å²) in [5.41, 5.74) is 0.274. The molecule has 0 spiro atoms. The zero-order valence-electron chi connectivity index (χ0n) is 12.7. The van der Waals surface area contributed by atoms with Gasteiger partial charge in [-0.15, -0.1) is 0 Å². The van der Waals surface area contributed by atoms with Gasteiger partial charge < -0.3 is 9.29 Å². The molecule has 3 aromatic rings. The summed E-state index contributed by atoms with van der Waals surface area (Å²) in [6.45, 7) is 0. The van der Waals surface area contributed by atoms with Crippen molar-refractivity contribution >= 4 is 74.6 Å². The van der Waals surface area contributed by atoms with E-state index in [1.165, 1.54) is 30.3 Å². The lowest BCUT2D eigenvalue weighted by molar-refractivity contribution is 0.0736. The lowest BCUT2D eigenvalue weighted by atomic mass is 10.1. The predicted molar refractivity (Wildman–Crippen MR) is 106 cm³/mol. The van der Waals surface area contributed by atoms with Gasteiger partial charge in [-0.25, -0.2) is 13.2 Å². The number of hydrogen-bond donors (Lipinski definition) is 0. The topological polar surface area (TPSA) is 83.5 Å². The first kappa shape index (κ1) is 19.5. The molecule has 0 aromatic heterocycles. The minimum atomic E-state index is -4.66. The molecule has 0 radical (unpaired) electrons. The quantitative estimate of drug-likeness (QED) is 0.188. The van der Waals surface area contributed by atoms with E-state index in [2.05, 4.69) is 47.8 Å². The maximum atomic E-state index is 12.6. The van der Waals surface area contributed by atoms with Crippen molar-refractivity contribution in [3.8, 4) is 5.75 Å². The van der Waals surface area contributed by atoms with Gasteiger partial charge in [0.05, 0.1) is 10.5 Å². The van der Waals surface area contributed by atoms with Crippen molar-refractivity contribution in [1.29, 1.82) is 0 Å². The van der Waals surface area contributed by atoms with Crippen LogP contribution in [0.3, 0.4) is 0 Å². The smallest absolute Gasteiger partial charge is 0.344 e. The van der Waals surface area contributed by atoms with E-state index in [4.69, 9.17) is 4.74 Å². The Bertz CT molecular complexity index is 1140. The fraction of sp³-hybridized carbons (Fsp3) is 0. The fourth-order valence-corrected chi connectivity index (χ4v) is 4.73. The number of carbonyl (C=O) groups excluding carboxylic acids is 1. The molecule has 0 heterocycles. The maximum Gasteiger partial charge on any atom is 0.344 e. The summed E-state index contributed by atoms with van der Waals surface area (Å²) >= 11 is 9.97. The number of carbonyl (C=O) groups is 1. The molecule has 0 aliphatic carbocycles. The number of ether oxygens (including phenoxy) is 1. The van der Waals surface area contributed by atoms with E-state index in [1.54, 1.807) is 18.2 Å². The molecular weight excluding hydrogens is 556 g/mol. The van der Waals surface area contributed by atoms with Crippen molar-refractivity contribution in [1.82, 2.24) is 0 Å². The standard InChI is InChI=1S/C17H9Br3O5S/c18-9-7-12(16(20)13(19)8-9)17(21)25-14-5-1-4-11-10(14)3-2-6-15(11)26(22,23)24/h1-8H,(H,22,23,24)/p-1. The third kappa shape index (κ3) is 3.86. The van der Waals surface area contributed by atoms with Crippen LogP contribution in [0.2, 0.25) is 0 Å². The number of hydrogen-bond acceptors (Lipinski definition) is 5. The Kier molecular flexibility index (Phi) is 5.55. The Balaban J connectivity index is 2.09. The summed E-state index contributed by atoms with van der Waals surface area (Å²) in [5, 5.41) is 0.547. The van der Waals surface area contributed by atoms with Crippen molar-refractivity contribution < 1.29 is 22.5 Å². The van der Waals surface area contributed by atoms with Crippen LogP contribution in [0.5, 0.6) is 5.75 Å². The van der Waals surface area contributed by atoms with Crippen LogP contribution in [-0.2, 0) is 10.1 Å². The van der Waals surface area contributed by atoms with Crippen molar-refractivity contribution in [2.24, 2.45) is 0 Å². The molecule has 0 atom stereocenters. The van der Waals surface area contributed by atoms with Gasteiger partial charge in [0.15, 0.2) is 0 Å². The molecule has 26 heavy (non-hydrogen) atoms. The largest absolute Gasteiger partial charge is 0.744 e. The Labute approximate surface area is 174 Å². The van der Waals surface area contributed by atoms with Crippen LogP contribution in [0.25, 0.3) is 10.8 Å². The van der Waals surface area contributed by atoms with Crippen LogP contribution >= 0.6 is 47.8 Å². The summed E-state index contributed by atoms with van der Waals surface area (Å²) in [5.74, 6) is -0.484. The lowest BCUT2D eigenvalue weighted by Crippen LogP contribution is -2.10. The highest BCUT2D eigenvalue weighted by Gasteiger charge is 2.18. The number of halogens is 3. The summed E-state index contributed by atoms with van der Waals surface area (Å²) < 4.78 is 41.7. The number of fused-ring (bicyclic) bond motifs is 1. The summed E-state index contributed by atoms with van der Waals surface area (Å²) in [7, 11) is -4.66. The fourth-order valence-electron chi connectivity index (χ4n) is 2.42. The molecule has 0 saturated carbocycles. The highest BCUT2D eigenvalue weighted by molar-refractivity contribution is 9.13. The first-order valence-electron chi connectivity index (χ1n) is 7.03. The van der Waals surface area contributed by atoms with E-state index < -0.39 is 16.1 Å². The Morgan fingerprint density at radius 3 is 2.31 bits per heavy atom. The monoisotopic (exact) mass is 561 g/mol. The second-order valence-electron chi connectivity index (χ2n) is 5.20. The van der Waals surface area contributed by atoms with Gasteiger partial charge in [0.25, 0.3) is 0 Å². The van der Waals surface area contributed by atoms with Crippen LogP contribution < -0.4 is 4.74 Å². The molecule has 0 N–H and O–H groups in total. The predicted octanol–water partition coefficient (Wildman–Crippen LogP) is 5.25. The van der Waals surface area contributed by atoms with E-state index >= 15 is 0 Å². The average molecular weight is 564 g/mol. The van der Waals surface area contributed by atoms with Crippen LogP contribution in [0.1, 0.15) is 10.4 Å². The highest BCUT2D eigenvalue weighted by Crippen LogP contribution is 2.34. The average Bonchev–Trinajstić information content (AvgIpc) is 2.57. The second kappa shape index (κ2) is 7.40. The SMILES string of the molecule is O=C(Oc1cccc2c(S(=O)(=O)[O-])cccc12)c1cc(Br)cc(Br)c1Br. The zero-order valence-corrected chi connectivity index (χ0v) is 18.3. The van der Waals surface area contributed by atoms with Gasteiger partial charge in [0, 0.05) is 24.2 Å². The molecule has 3 rings (SSSR count). The summed E-state index contributed by atoms with van der Waals surface area (Å²) in [6, 6.07) is 12.1. The molecule has 0 saturated heterocycles. The van der Waals surface area contributed by atoms with E-state index in [9.17, 15) is 17.8 Å². The minimum absolute atomic E-state index is 0.154. The molecular formula is C17H8Br3O5S-. The molecule has 0 aliphatic heterocycles. The van der Waals surface area contributed by atoms with Gasteiger partial charge in [-0.1, -0.05) is 40.2 Å². The number of rotatable bonds is 3. The van der Waals surface area contributed by atoms with Crippen LogP contribution in [-0.4, -0.2) is 18.9 Å². The van der Waals surface area contributed by atoms with E-state index in [0.29, 0.717) is 18.8 Å². The van der Waals surface area contributed by atoms with Crippen LogP contribution in [0, 0.1) is 0 Å². The van der Waals surface area contributed by atoms with Crippen molar-refractivity contribution in [3.63, 3.8) is 0 Å². The van der Waals surface area contributed by atoms with Crippen molar-refractivity contribution in [2.45, 2.75) is 4.90 Å². The Hall–Kier alpha value is -1.26. The van der Waals surface area contributed by atoms with E-state index in [0.717, 1.165) is 0 Å². The van der Waals surface area contributed by atoms with Crippen LogP contribution in [0.4, 0.5) is 0 Å². The maximum absolute atomic E-state index is 12.6. The molecule has 5 nitrogen and oxygen atoms in total. The summed E-state index contributed by atoms with van der Waals surface area (Å²) in [6.07, 6.45) is 0. The van der Waals surface area contributed by atoms with Gasteiger partial charge >= 0.3 is 5.97 Å². The summed E-state index contributed by atoms with van der Waals surface area (Å²) in [4.78, 5) is 12.2. The van der Waals surface area contributed by atoms with Gasteiger partial charge in [-0.05, 0) is 56.1 Å². The lowest BCUT2D eigenvalue weighted by Gasteiger charge is -2.13. The molecule has 134 valence electrons. The highest BCUT2D eigenvalue weighted by atomic mass is 79.9. The van der Waals surface area contributed by atoms with E-state index in [1.807, 2.05) is 0 Å². The molecule has 0 fully saturated rings.